The summed E-state index contributed by atoms with van der Waals surface area (Å²) in [6, 6.07) is 14.5. The van der Waals surface area contributed by atoms with E-state index in [0.29, 0.717) is 35.0 Å². The van der Waals surface area contributed by atoms with Gasteiger partial charge in [0.25, 0.3) is 0 Å². The van der Waals surface area contributed by atoms with E-state index in [9.17, 15) is 17.6 Å². The van der Waals surface area contributed by atoms with Crippen LogP contribution in [-0.2, 0) is 12.5 Å². The fraction of sp³-hybridized carbons (Fsp3) is 0.122. The molecule has 53 heavy (non-hydrogen) atoms. The van der Waals surface area contributed by atoms with Crippen molar-refractivity contribution in [1.29, 1.82) is 0 Å². The largest absolute Gasteiger partial charge is 0.495 e. The summed E-state index contributed by atoms with van der Waals surface area (Å²) in [5.74, 6) is -8.29. The number of hydrogen-bond acceptors (Lipinski definition) is 2. The van der Waals surface area contributed by atoms with Crippen LogP contribution in [0.5, 0.6) is 11.5 Å². The summed E-state index contributed by atoms with van der Waals surface area (Å²) in [7, 11) is 1.11. The van der Waals surface area contributed by atoms with Gasteiger partial charge < -0.3 is 9.47 Å². The predicted molar refractivity (Wildman–Crippen MR) is 178 cm³/mol. The van der Waals surface area contributed by atoms with Gasteiger partial charge in [0.15, 0.2) is 11.6 Å². The lowest BCUT2D eigenvalue weighted by Crippen LogP contribution is -2.25. The topological polar surface area (TPSA) is 18.5 Å². The standard InChI is InChI=1S/C41H24F10O2/c1-3-4-21-5-9-28-22(13-21)7-11-29(40(28)49)23-6-10-27(31(42)14-23)25-16-36(47)39(37(48)17-25)41(50,51)53-26-18-32(43)30(33(44)19-26)12-8-24-15-34(45)35(46)20-38(24)52-2/h5-7,9-11,13-20H,3-4H2,1-2H3. The molecule has 0 radical (unpaired) electrons. The molecule has 0 saturated carbocycles. The van der Waals surface area contributed by atoms with E-state index in [-0.39, 0.29) is 34.6 Å². The first-order chi connectivity index (χ1) is 25.2. The van der Waals surface area contributed by atoms with Crippen molar-refractivity contribution in [2.45, 2.75) is 25.9 Å². The number of ether oxygens (including phenoxy) is 2. The van der Waals surface area contributed by atoms with E-state index in [1.165, 1.54) is 12.1 Å². The lowest BCUT2D eigenvalue weighted by Gasteiger charge is -2.20. The van der Waals surface area contributed by atoms with Crippen LogP contribution < -0.4 is 9.47 Å². The van der Waals surface area contributed by atoms with E-state index in [1.54, 1.807) is 18.2 Å². The van der Waals surface area contributed by atoms with E-state index < -0.39 is 80.6 Å². The zero-order valence-corrected chi connectivity index (χ0v) is 27.6. The normalized spacial score (nSPS) is 11.4. The molecule has 0 N–H and O–H groups in total. The molecule has 6 rings (SSSR count). The molecule has 6 aromatic rings. The molecule has 12 heteroatoms. The smallest absolute Gasteiger partial charge is 0.432 e. The zero-order chi connectivity index (χ0) is 38.2. The highest BCUT2D eigenvalue weighted by Gasteiger charge is 2.41. The van der Waals surface area contributed by atoms with E-state index >= 15 is 26.3 Å². The molecular formula is C41H24F10O2. The van der Waals surface area contributed by atoms with Gasteiger partial charge in [0.2, 0.25) is 0 Å². The highest BCUT2D eigenvalue weighted by atomic mass is 19.3. The van der Waals surface area contributed by atoms with Crippen molar-refractivity contribution in [2.75, 3.05) is 7.11 Å². The number of fused-ring (bicyclic) bond motifs is 1. The third kappa shape index (κ3) is 7.37. The summed E-state index contributed by atoms with van der Waals surface area (Å²) >= 11 is 0. The third-order valence-corrected chi connectivity index (χ3v) is 8.31. The molecule has 0 aliphatic carbocycles. The van der Waals surface area contributed by atoms with Crippen LogP contribution in [0.1, 0.15) is 35.6 Å². The first-order valence-electron chi connectivity index (χ1n) is 15.8. The van der Waals surface area contributed by atoms with Crippen LogP contribution in [-0.4, -0.2) is 7.11 Å². The number of halogens is 10. The van der Waals surface area contributed by atoms with Crippen LogP contribution in [0.2, 0.25) is 0 Å². The Balaban J connectivity index is 1.25. The van der Waals surface area contributed by atoms with Crippen molar-refractivity contribution in [1.82, 2.24) is 0 Å². The molecule has 0 saturated heterocycles. The van der Waals surface area contributed by atoms with E-state index in [0.717, 1.165) is 37.6 Å². The molecule has 0 spiro atoms. The molecule has 0 aliphatic heterocycles. The van der Waals surface area contributed by atoms with Crippen molar-refractivity contribution in [2.24, 2.45) is 0 Å². The summed E-state index contributed by atoms with van der Waals surface area (Å²) in [5.41, 5.74) is -2.88. The number of aryl methyl sites for hydroxylation is 1. The average molecular weight is 739 g/mol. The van der Waals surface area contributed by atoms with Gasteiger partial charge in [-0.1, -0.05) is 67.6 Å². The molecule has 270 valence electrons. The molecular weight excluding hydrogens is 714 g/mol. The van der Waals surface area contributed by atoms with Crippen molar-refractivity contribution in [3.63, 3.8) is 0 Å². The lowest BCUT2D eigenvalue weighted by atomic mass is 9.95. The Labute approximate surface area is 296 Å². The van der Waals surface area contributed by atoms with Gasteiger partial charge in [-0.3, -0.25) is 0 Å². The van der Waals surface area contributed by atoms with Gasteiger partial charge in [0.05, 0.1) is 18.2 Å². The summed E-state index contributed by atoms with van der Waals surface area (Å²) < 4.78 is 157. The Morgan fingerprint density at radius 2 is 1.25 bits per heavy atom. The minimum Gasteiger partial charge on any atom is -0.495 e. The fourth-order valence-corrected chi connectivity index (χ4v) is 5.78. The van der Waals surface area contributed by atoms with Gasteiger partial charge in [-0.15, -0.1) is 0 Å². The molecule has 6 aromatic carbocycles. The van der Waals surface area contributed by atoms with E-state index in [4.69, 9.17) is 4.74 Å². The summed E-state index contributed by atoms with van der Waals surface area (Å²) in [4.78, 5) is 0. The highest BCUT2D eigenvalue weighted by molar-refractivity contribution is 5.89. The van der Waals surface area contributed by atoms with Crippen molar-refractivity contribution in [3.8, 4) is 45.6 Å². The first kappa shape index (κ1) is 36.8. The predicted octanol–water partition coefficient (Wildman–Crippen LogP) is 11.8. The van der Waals surface area contributed by atoms with Gasteiger partial charge in [0, 0.05) is 34.7 Å². The maximum Gasteiger partial charge on any atom is 0.432 e. The molecule has 0 aliphatic rings. The number of hydrogen-bond donors (Lipinski definition) is 0. The second-order valence-electron chi connectivity index (χ2n) is 11.8. The molecule has 0 aromatic heterocycles. The minimum absolute atomic E-state index is 0.0622. The zero-order valence-electron chi connectivity index (χ0n) is 27.6. The molecule has 2 nitrogen and oxygen atoms in total. The van der Waals surface area contributed by atoms with Crippen LogP contribution in [0, 0.1) is 58.4 Å². The Hall–Kier alpha value is -5.96. The van der Waals surface area contributed by atoms with Gasteiger partial charge in [-0.25, -0.2) is 35.1 Å². The van der Waals surface area contributed by atoms with Gasteiger partial charge in [-0.05, 0) is 52.8 Å². The monoisotopic (exact) mass is 738 g/mol. The lowest BCUT2D eigenvalue weighted by molar-refractivity contribution is -0.189. The van der Waals surface area contributed by atoms with Crippen LogP contribution >= 0.6 is 0 Å². The maximum absolute atomic E-state index is 15.5. The molecule has 0 fully saturated rings. The van der Waals surface area contributed by atoms with E-state index in [1.807, 2.05) is 18.9 Å². The minimum atomic E-state index is -4.84. The number of rotatable bonds is 8. The third-order valence-electron chi connectivity index (χ3n) is 8.31. The molecule has 0 unspecified atom stereocenters. The van der Waals surface area contributed by atoms with E-state index in [2.05, 4.69) is 10.7 Å². The fourth-order valence-electron chi connectivity index (χ4n) is 5.78. The second-order valence-corrected chi connectivity index (χ2v) is 11.8. The number of alkyl halides is 2. The van der Waals surface area contributed by atoms with Crippen molar-refractivity contribution >= 4 is 10.8 Å². The van der Waals surface area contributed by atoms with Crippen LogP contribution in [0.15, 0.2) is 84.9 Å². The summed E-state index contributed by atoms with van der Waals surface area (Å²) in [6.45, 7) is 2.02. The Morgan fingerprint density at radius 3 is 1.89 bits per heavy atom. The Morgan fingerprint density at radius 1 is 0.604 bits per heavy atom. The second kappa shape index (κ2) is 14.6. The molecule has 0 bridgehead atoms. The Bertz CT molecular complexity index is 2420. The summed E-state index contributed by atoms with van der Waals surface area (Å²) in [5, 5.41) is 0.965. The Kier molecular flexibility index (Phi) is 10.1. The molecule has 0 atom stereocenters. The number of methoxy groups -OCH3 is 1. The quantitative estimate of drug-likeness (QED) is 0.114. The van der Waals surface area contributed by atoms with Gasteiger partial charge in [-0.2, -0.15) is 8.78 Å². The molecule has 0 amide bonds. The van der Waals surface area contributed by atoms with Gasteiger partial charge in [0.1, 0.15) is 52.0 Å². The van der Waals surface area contributed by atoms with Crippen molar-refractivity contribution in [3.05, 3.63) is 154 Å². The van der Waals surface area contributed by atoms with Crippen molar-refractivity contribution < 1.29 is 53.4 Å². The molecule has 0 heterocycles. The van der Waals surface area contributed by atoms with Crippen LogP contribution in [0.3, 0.4) is 0 Å². The highest BCUT2D eigenvalue weighted by Crippen LogP contribution is 2.39. The van der Waals surface area contributed by atoms with Gasteiger partial charge >= 0.3 is 6.11 Å². The number of benzene rings is 6. The summed E-state index contributed by atoms with van der Waals surface area (Å²) in [6.07, 6.45) is -3.12. The average Bonchev–Trinajstić information content (AvgIpc) is 3.08. The maximum atomic E-state index is 15.5. The van der Waals surface area contributed by atoms with Crippen LogP contribution in [0.25, 0.3) is 33.0 Å². The van der Waals surface area contributed by atoms with Crippen LogP contribution in [0.4, 0.5) is 43.9 Å². The SMILES string of the molecule is CCCc1ccc2c(F)c(-c3ccc(-c4cc(F)c(C(F)(F)Oc5cc(F)c(C#Cc6cc(F)c(F)cc6OC)c(F)c5)c(F)c4)c(F)c3)ccc2c1. The first-order valence-corrected chi connectivity index (χ1v) is 15.8.